The van der Waals surface area contributed by atoms with Crippen LogP contribution in [0.4, 0.5) is 10.1 Å². The number of anilines is 1. The van der Waals surface area contributed by atoms with Crippen molar-refractivity contribution < 1.29 is 57.3 Å². The molecule has 27 heteroatoms. The Labute approximate surface area is 445 Å². The van der Waals surface area contributed by atoms with Crippen molar-refractivity contribution in [2.75, 3.05) is 90.7 Å². The Morgan fingerprint density at radius 2 is 1.70 bits per heavy atom. The van der Waals surface area contributed by atoms with Crippen molar-refractivity contribution >= 4 is 64.7 Å². The molecule has 12 N–H and O–H groups in total. The molecular weight excluding hydrogens is 1010 g/mol. The van der Waals surface area contributed by atoms with Crippen molar-refractivity contribution in [3.63, 3.8) is 0 Å². The highest BCUT2D eigenvalue weighted by Crippen LogP contribution is 2.34. The SMILES string of the molecule is CCN(CCNC(=O)c1c(C)[nH]c(/C=C2\C(=O)Nc3ccc(F)cc32)c1C)CCOCCOCCOCc1cn(CCCCN2C[C@@H]3C[C@H]2C(=O)N[C@@H](CCCN=C(N)N)C(=O)NCC(=O)N[C@@H](CC(=O)O)C(=O)N3)nn1. The van der Waals surface area contributed by atoms with Gasteiger partial charge in [0.1, 0.15) is 23.6 Å². The molecule has 2 bridgehead atoms. The first-order valence-electron chi connectivity index (χ1n) is 25.8. The number of fused-ring (bicyclic) bond motifs is 3. The van der Waals surface area contributed by atoms with Gasteiger partial charge in [-0.2, -0.15) is 0 Å². The number of likely N-dealkylation sites (tertiary alicyclic amines) is 1. The predicted molar refractivity (Wildman–Crippen MR) is 279 cm³/mol. The fourth-order valence-corrected chi connectivity index (χ4v) is 9.25. The zero-order chi connectivity index (χ0) is 55.4. The van der Waals surface area contributed by atoms with E-state index in [0.717, 1.165) is 6.54 Å². The van der Waals surface area contributed by atoms with E-state index in [-0.39, 0.29) is 50.3 Å². The van der Waals surface area contributed by atoms with Crippen molar-refractivity contribution in [1.29, 1.82) is 0 Å². The Hall–Kier alpha value is -7.33. The molecule has 2 aromatic heterocycles. The van der Waals surface area contributed by atoms with Crippen LogP contribution < -0.4 is 43.4 Å². The molecule has 4 atom stereocenters. The molecule has 77 heavy (non-hydrogen) atoms. The number of aliphatic imine (C=N–C) groups is 1. The third-order valence-corrected chi connectivity index (χ3v) is 13.2. The maximum atomic E-state index is 14.0. The number of unbranched alkanes of at least 4 members (excludes halogenated alkanes) is 1. The lowest BCUT2D eigenvalue weighted by Gasteiger charge is -2.26. The summed E-state index contributed by atoms with van der Waals surface area (Å²) >= 11 is 0. The standard InChI is InChI=1S/C50H72FN15O11/c1-4-64(15-12-54-49(74)44-30(2)39(57-31(44)3)24-36-35-22-32(51)9-10-37(35)60-45(36)70)16-17-75-18-19-76-20-21-77-29-34-28-66(63-62-34)14-6-5-13-65-27-33-23-41(65)48(73)61-38(8-7-11-55-50(52)53)46(71)56-26-42(67)59-40(25-43(68)69)47(72)58-33/h9-10,22,24,28,33,38,40-41,57H,4-8,11-21,23,25-27,29H2,1-3H3,(H,54,74)(H,56,71)(H,58,72)(H,59,67)(H,60,70)(H,61,73)(H,68,69)(H4,52,53,55)/b36-24-/t33-,38-,40-,41-/m0/s1. The number of carboxylic acid groups (broad SMARTS) is 1. The Bertz CT molecular complexity index is 2620. The number of hydrogen-bond donors (Lipinski definition) is 10. The Balaban J connectivity index is 0.845. The average Bonchev–Trinajstić information content (AvgIpc) is 4.16. The Morgan fingerprint density at radius 3 is 2.45 bits per heavy atom. The van der Waals surface area contributed by atoms with Gasteiger partial charge in [-0.25, -0.2) is 4.39 Å². The van der Waals surface area contributed by atoms with E-state index in [1.54, 1.807) is 23.9 Å². The third kappa shape index (κ3) is 17.9. The minimum atomic E-state index is -1.40. The fourth-order valence-electron chi connectivity index (χ4n) is 9.25. The molecule has 5 heterocycles. The van der Waals surface area contributed by atoms with Gasteiger partial charge in [0.2, 0.25) is 23.6 Å². The number of amides is 6. The number of halogens is 1. The molecule has 26 nitrogen and oxygen atoms in total. The summed E-state index contributed by atoms with van der Waals surface area (Å²) in [6, 6.07) is 0.455. The molecule has 0 spiro atoms. The number of ether oxygens (including phenoxy) is 3. The summed E-state index contributed by atoms with van der Waals surface area (Å²) < 4.78 is 32.8. The lowest BCUT2D eigenvalue weighted by Crippen LogP contribution is -2.55. The lowest BCUT2D eigenvalue weighted by atomic mass is 10.0. The number of nitrogens with two attached hydrogens (primary N) is 2. The number of benzene rings is 1. The number of carbonyl (C=O) groups is 7. The van der Waals surface area contributed by atoms with Crippen LogP contribution in [0.5, 0.6) is 0 Å². The molecule has 0 radical (unpaired) electrons. The van der Waals surface area contributed by atoms with E-state index >= 15 is 0 Å². The second kappa shape index (κ2) is 29.3. The molecule has 0 unspecified atom stereocenters. The fraction of sp³-hybridized carbons (Fsp3) is 0.560. The van der Waals surface area contributed by atoms with Gasteiger partial charge in [-0.1, -0.05) is 12.1 Å². The molecule has 2 fully saturated rings. The molecule has 3 aliphatic rings. The van der Waals surface area contributed by atoms with E-state index in [1.165, 1.54) is 18.2 Å². The highest BCUT2D eigenvalue weighted by molar-refractivity contribution is 6.35. The van der Waals surface area contributed by atoms with E-state index in [9.17, 15) is 43.1 Å². The number of hydrogen-bond acceptors (Lipinski definition) is 15. The van der Waals surface area contributed by atoms with Gasteiger partial charge >= 0.3 is 5.97 Å². The zero-order valence-corrected chi connectivity index (χ0v) is 43.8. The van der Waals surface area contributed by atoms with Crippen LogP contribution in [0, 0.1) is 19.7 Å². The van der Waals surface area contributed by atoms with Crippen LogP contribution >= 0.6 is 0 Å². The molecular formula is C50H72FN15O11. The van der Waals surface area contributed by atoms with Gasteiger partial charge < -0.3 is 67.7 Å². The Morgan fingerprint density at radius 1 is 0.948 bits per heavy atom. The van der Waals surface area contributed by atoms with Crippen LogP contribution in [0.1, 0.15) is 84.0 Å². The molecule has 0 saturated carbocycles. The van der Waals surface area contributed by atoms with Gasteiger partial charge in [-0.15, -0.1) is 5.10 Å². The average molecular weight is 1080 g/mol. The monoisotopic (exact) mass is 1080 g/mol. The van der Waals surface area contributed by atoms with Gasteiger partial charge in [-0.05, 0) is 88.9 Å². The number of aromatic amines is 1. The molecule has 0 aliphatic carbocycles. The number of rotatable bonds is 28. The van der Waals surface area contributed by atoms with Crippen LogP contribution in [-0.4, -0.2) is 192 Å². The van der Waals surface area contributed by atoms with Gasteiger partial charge in [0.15, 0.2) is 5.96 Å². The quantitative estimate of drug-likeness (QED) is 0.0183. The van der Waals surface area contributed by atoms with Crippen LogP contribution in [-0.2, 0) is 56.1 Å². The first kappa shape index (κ1) is 58.9. The minimum Gasteiger partial charge on any atom is -0.481 e. The van der Waals surface area contributed by atoms with E-state index in [1.807, 2.05) is 18.7 Å². The highest BCUT2D eigenvalue weighted by atomic mass is 19.1. The van der Waals surface area contributed by atoms with E-state index in [2.05, 4.69) is 57.1 Å². The van der Waals surface area contributed by atoms with E-state index < -0.39 is 72.5 Å². The number of carbonyl (C=O) groups excluding carboxylic acids is 6. The summed E-state index contributed by atoms with van der Waals surface area (Å²) in [7, 11) is 0. The van der Waals surface area contributed by atoms with Crippen molar-refractivity contribution in [2.45, 2.75) is 96.6 Å². The van der Waals surface area contributed by atoms with Crippen LogP contribution in [0.3, 0.4) is 0 Å². The van der Waals surface area contributed by atoms with Crippen molar-refractivity contribution in [2.24, 2.45) is 16.5 Å². The zero-order valence-electron chi connectivity index (χ0n) is 43.8. The van der Waals surface area contributed by atoms with E-state index in [0.29, 0.717) is 130 Å². The molecule has 2 saturated heterocycles. The number of aliphatic carboxylic acids is 1. The number of aryl methyl sites for hydroxylation is 2. The van der Waals surface area contributed by atoms with Gasteiger partial charge in [0, 0.05) is 67.9 Å². The van der Waals surface area contributed by atoms with Crippen molar-refractivity contribution in [3.05, 3.63) is 64.0 Å². The number of H-pyrrole nitrogens is 1. The second-order valence-electron chi connectivity index (χ2n) is 18.9. The number of nitrogens with one attached hydrogen (secondary N) is 7. The number of guanidine groups is 1. The molecule has 1 aromatic carbocycles. The third-order valence-electron chi connectivity index (χ3n) is 13.2. The minimum absolute atomic E-state index is 0.116. The Kier molecular flexibility index (Phi) is 22.4. The van der Waals surface area contributed by atoms with Gasteiger partial charge in [-0.3, -0.25) is 53.0 Å². The first-order chi connectivity index (χ1) is 37.0. The summed E-state index contributed by atoms with van der Waals surface area (Å²) in [5.74, 6) is -4.98. The lowest BCUT2D eigenvalue weighted by molar-refractivity contribution is -0.141. The normalized spacial score (nSPS) is 19.5. The number of nitrogens with zero attached hydrogens (tertiary/aromatic N) is 6. The molecule has 3 aromatic rings. The maximum Gasteiger partial charge on any atom is 0.305 e. The van der Waals surface area contributed by atoms with Gasteiger partial charge in [0.05, 0.1) is 76.0 Å². The maximum absolute atomic E-state index is 14.0. The number of aromatic nitrogens is 4. The van der Waals surface area contributed by atoms with Gasteiger partial charge in [0.25, 0.3) is 11.8 Å². The molecule has 6 rings (SSSR count). The number of carboxylic acids is 1. The summed E-state index contributed by atoms with van der Waals surface area (Å²) in [5, 5.41) is 34.1. The van der Waals surface area contributed by atoms with Crippen molar-refractivity contribution in [3.8, 4) is 0 Å². The summed E-state index contributed by atoms with van der Waals surface area (Å²) in [6.45, 7) is 11.2. The first-order valence-corrected chi connectivity index (χ1v) is 25.8. The van der Waals surface area contributed by atoms with Crippen LogP contribution in [0.15, 0.2) is 29.4 Å². The van der Waals surface area contributed by atoms with E-state index in [4.69, 9.17) is 25.7 Å². The van der Waals surface area contributed by atoms with Crippen molar-refractivity contribution in [1.82, 2.24) is 56.4 Å². The topological polar surface area (TPSA) is 357 Å². The highest BCUT2D eigenvalue weighted by Gasteiger charge is 2.40. The number of likely N-dealkylation sites (N-methyl/N-ethyl adjacent to an activating group) is 1. The smallest absolute Gasteiger partial charge is 0.305 e. The summed E-state index contributed by atoms with van der Waals surface area (Å²) in [5.41, 5.74) is 15.3. The largest absolute Gasteiger partial charge is 0.481 e. The van der Waals surface area contributed by atoms with Crippen LogP contribution in [0.25, 0.3) is 11.6 Å². The second-order valence-corrected chi connectivity index (χ2v) is 18.9. The summed E-state index contributed by atoms with van der Waals surface area (Å²) in [6.07, 6.45) is 4.77. The predicted octanol–water partition coefficient (Wildman–Crippen LogP) is -0.876. The molecule has 6 amide bonds. The molecule has 3 aliphatic heterocycles. The summed E-state index contributed by atoms with van der Waals surface area (Å²) in [4.78, 5) is 102. The van der Waals surface area contributed by atoms with Crippen LogP contribution in [0.2, 0.25) is 0 Å². The molecule has 420 valence electrons.